The third-order valence-corrected chi connectivity index (χ3v) is 3.64. The topological polar surface area (TPSA) is 50.4 Å². The molecule has 0 unspecified atom stereocenters. The maximum atomic E-state index is 11.3. The van der Waals surface area contributed by atoms with Crippen LogP contribution in [0.15, 0.2) is 0 Å². The number of unbranched alkanes of at least 4 members (excludes halogenated alkanes) is 3. The average molecular weight is 272 g/mol. The number of nitrogens with one attached hydrogen (secondary N) is 2. The van der Waals surface area contributed by atoms with Crippen LogP contribution in [0.2, 0.25) is 0 Å². The number of amides is 1. The number of methoxy groups -OCH3 is 1. The SMILES string of the molecule is CCCCC(CCCC)(CCCC)NNC(=O)OC. The Morgan fingerprint density at radius 1 is 0.947 bits per heavy atom. The fourth-order valence-electron chi connectivity index (χ4n) is 2.34. The highest BCUT2D eigenvalue weighted by molar-refractivity contribution is 5.66. The molecule has 0 heterocycles. The molecule has 0 aliphatic carbocycles. The van der Waals surface area contributed by atoms with Gasteiger partial charge in [0, 0.05) is 5.54 Å². The zero-order valence-electron chi connectivity index (χ0n) is 13.2. The van der Waals surface area contributed by atoms with Crippen molar-refractivity contribution < 1.29 is 9.53 Å². The summed E-state index contributed by atoms with van der Waals surface area (Å²) in [4.78, 5) is 11.3. The van der Waals surface area contributed by atoms with E-state index in [-0.39, 0.29) is 5.54 Å². The van der Waals surface area contributed by atoms with Crippen molar-refractivity contribution >= 4 is 6.09 Å². The van der Waals surface area contributed by atoms with Crippen LogP contribution in [0, 0.1) is 0 Å². The van der Waals surface area contributed by atoms with Crippen molar-refractivity contribution in [3.63, 3.8) is 0 Å². The Balaban J connectivity index is 4.60. The smallest absolute Gasteiger partial charge is 0.421 e. The Kier molecular flexibility index (Phi) is 10.6. The first-order chi connectivity index (χ1) is 9.14. The van der Waals surface area contributed by atoms with E-state index in [1.165, 1.54) is 45.6 Å². The molecule has 4 heteroatoms. The van der Waals surface area contributed by atoms with Gasteiger partial charge >= 0.3 is 6.09 Å². The van der Waals surface area contributed by atoms with Crippen LogP contribution < -0.4 is 10.9 Å². The summed E-state index contributed by atoms with van der Waals surface area (Å²) >= 11 is 0. The quantitative estimate of drug-likeness (QED) is 0.555. The van der Waals surface area contributed by atoms with Gasteiger partial charge in [-0.15, -0.1) is 0 Å². The van der Waals surface area contributed by atoms with Gasteiger partial charge in [0.25, 0.3) is 0 Å². The monoisotopic (exact) mass is 272 g/mol. The molecule has 114 valence electrons. The predicted molar refractivity (Wildman–Crippen MR) is 80.0 cm³/mol. The van der Waals surface area contributed by atoms with E-state index in [9.17, 15) is 4.79 Å². The lowest BCUT2D eigenvalue weighted by Gasteiger charge is -2.35. The van der Waals surface area contributed by atoms with Crippen LogP contribution in [-0.4, -0.2) is 18.7 Å². The molecule has 0 aromatic heterocycles. The molecule has 0 bridgehead atoms. The van der Waals surface area contributed by atoms with Crippen LogP contribution >= 0.6 is 0 Å². The average Bonchev–Trinajstić information content (AvgIpc) is 2.45. The van der Waals surface area contributed by atoms with Crippen LogP contribution in [0.1, 0.15) is 78.6 Å². The lowest BCUT2D eigenvalue weighted by molar-refractivity contribution is 0.146. The van der Waals surface area contributed by atoms with Gasteiger partial charge in [-0.1, -0.05) is 59.3 Å². The van der Waals surface area contributed by atoms with Crippen LogP contribution in [0.3, 0.4) is 0 Å². The summed E-state index contributed by atoms with van der Waals surface area (Å²) in [7, 11) is 1.39. The van der Waals surface area contributed by atoms with E-state index in [1.807, 2.05) is 0 Å². The van der Waals surface area contributed by atoms with E-state index in [1.54, 1.807) is 0 Å². The van der Waals surface area contributed by atoms with Gasteiger partial charge in [0.1, 0.15) is 0 Å². The minimum Gasteiger partial charge on any atom is -0.452 e. The summed E-state index contributed by atoms with van der Waals surface area (Å²) in [6, 6.07) is 0. The summed E-state index contributed by atoms with van der Waals surface area (Å²) in [6.45, 7) is 6.62. The second-order valence-corrected chi connectivity index (χ2v) is 5.33. The van der Waals surface area contributed by atoms with E-state index < -0.39 is 6.09 Å². The molecule has 19 heavy (non-hydrogen) atoms. The molecule has 4 nitrogen and oxygen atoms in total. The van der Waals surface area contributed by atoms with E-state index in [0.717, 1.165) is 19.3 Å². The molecule has 0 rings (SSSR count). The van der Waals surface area contributed by atoms with Crippen LogP contribution in [0.4, 0.5) is 4.79 Å². The minimum absolute atomic E-state index is 0.0240. The Hall–Kier alpha value is -0.770. The van der Waals surface area contributed by atoms with E-state index in [4.69, 9.17) is 0 Å². The summed E-state index contributed by atoms with van der Waals surface area (Å²) in [5, 5.41) is 0. The van der Waals surface area contributed by atoms with Gasteiger partial charge in [-0.3, -0.25) is 5.43 Å². The van der Waals surface area contributed by atoms with E-state index >= 15 is 0 Å². The summed E-state index contributed by atoms with van der Waals surface area (Å²) in [5.41, 5.74) is 5.98. The first-order valence-corrected chi connectivity index (χ1v) is 7.75. The summed E-state index contributed by atoms with van der Waals surface area (Å²) in [5.74, 6) is 0. The molecule has 0 atom stereocenters. The zero-order valence-corrected chi connectivity index (χ0v) is 13.2. The lowest BCUT2D eigenvalue weighted by Crippen LogP contribution is -2.54. The number of carbonyl (C=O) groups excluding carboxylic acids is 1. The van der Waals surface area contributed by atoms with E-state index in [2.05, 4.69) is 36.4 Å². The molecule has 0 aromatic rings. The lowest BCUT2D eigenvalue weighted by atomic mass is 9.83. The number of hydrazine groups is 1. The van der Waals surface area contributed by atoms with Gasteiger partial charge in [-0.25, -0.2) is 10.2 Å². The van der Waals surface area contributed by atoms with Gasteiger partial charge in [0.15, 0.2) is 0 Å². The molecule has 0 saturated heterocycles. The molecule has 2 N–H and O–H groups in total. The maximum Gasteiger partial charge on any atom is 0.421 e. The number of hydrogen-bond acceptors (Lipinski definition) is 3. The van der Waals surface area contributed by atoms with Gasteiger partial charge in [-0.2, -0.15) is 0 Å². The molecule has 0 aliphatic heterocycles. The second kappa shape index (κ2) is 11.1. The van der Waals surface area contributed by atoms with Gasteiger partial charge in [0.2, 0.25) is 0 Å². The van der Waals surface area contributed by atoms with Crippen LogP contribution in [-0.2, 0) is 4.74 Å². The number of rotatable bonds is 11. The molecule has 0 radical (unpaired) electrons. The molecule has 0 aromatic carbocycles. The third-order valence-electron chi connectivity index (χ3n) is 3.64. The molecular weight excluding hydrogens is 240 g/mol. The predicted octanol–water partition coefficient (Wildman–Crippen LogP) is 4.16. The summed E-state index contributed by atoms with van der Waals surface area (Å²) in [6.07, 6.45) is 10.00. The van der Waals surface area contributed by atoms with Crippen molar-refractivity contribution in [2.75, 3.05) is 7.11 Å². The number of carbonyl (C=O) groups is 1. The Bertz CT molecular complexity index is 210. The third kappa shape index (κ3) is 8.09. The van der Waals surface area contributed by atoms with Gasteiger partial charge in [-0.05, 0) is 19.3 Å². The van der Waals surface area contributed by atoms with Crippen molar-refractivity contribution in [3.05, 3.63) is 0 Å². The first kappa shape index (κ1) is 18.2. The number of hydrogen-bond donors (Lipinski definition) is 2. The minimum atomic E-state index is -0.408. The largest absolute Gasteiger partial charge is 0.452 e. The normalized spacial score (nSPS) is 11.4. The Morgan fingerprint density at radius 3 is 1.68 bits per heavy atom. The van der Waals surface area contributed by atoms with Crippen LogP contribution in [0.5, 0.6) is 0 Å². The van der Waals surface area contributed by atoms with Crippen molar-refractivity contribution in [1.82, 2.24) is 10.9 Å². The summed E-state index contributed by atoms with van der Waals surface area (Å²) < 4.78 is 4.65. The standard InChI is InChI=1S/C15H32N2O2/c1-5-8-11-15(12-9-6-2,13-10-7-3)17-16-14(18)19-4/h17H,5-13H2,1-4H3,(H,16,18). The van der Waals surface area contributed by atoms with Crippen LogP contribution in [0.25, 0.3) is 0 Å². The van der Waals surface area contributed by atoms with Gasteiger partial charge < -0.3 is 4.74 Å². The van der Waals surface area contributed by atoms with Crippen molar-refractivity contribution in [3.8, 4) is 0 Å². The second-order valence-electron chi connectivity index (χ2n) is 5.33. The highest BCUT2D eigenvalue weighted by Crippen LogP contribution is 2.27. The molecule has 0 spiro atoms. The van der Waals surface area contributed by atoms with Crippen molar-refractivity contribution in [2.45, 2.75) is 84.1 Å². The van der Waals surface area contributed by atoms with E-state index in [0.29, 0.717) is 0 Å². The Morgan fingerprint density at radius 2 is 1.37 bits per heavy atom. The highest BCUT2D eigenvalue weighted by Gasteiger charge is 2.28. The zero-order chi connectivity index (χ0) is 14.6. The van der Waals surface area contributed by atoms with Crippen molar-refractivity contribution in [2.24, 2.45) is 0 Å². The fraction of sp³-hybridized carbons (Fsp3) is 0.933. The Labute approximate surface area is 118 Å². The fourth-order valence-corrected chi connectivity index (χ4v) is 2.34. The highest BCUT2D eigenvalue weighted by atomic mass is 16.5. The molecule has 0 fully saturated rings. The first-order valence-electron chi connectivity index (χ1n) is 7.75. The maximum absolute atomic E-state index is 11.3. The molecular formula is C15H32N2O2. The van der Waals surface area contributed by atoms with Crippen molar-refractivity contribution in [1.29, 1.82) is 0 Å². The number of ether oxygens (including phenoxy) is 1. The van der Waals surface area contributed by atoms with Gasteiger partial charge in [0.05, 0.1) is 7.11 Å². The molecule has 0 saturated carbocycles. The molecule has 0 aliphatic rings. The molecule has 1 amide bonds.